The van der Waals surface area contributed by atoms with Gasteiger partial charge in [0.1, 0.15) is 6.23 Å². The molecule has 48 valence electrons. The maximum absolute atomic E-state index is 5.08. The first-order chi connectivity index (χ1) is 3.93. The molecule has 1 atom stereocenters. The second kappa shape index (κ2) is 3.05. The molecule has 0 radical (unpaired) electrons. The maximum Gasteiger partial charge on any atom is 0.107 e. The molecule has 2 heteroatoms. The van der Waals surface area contributed by atoms with Crippen LogP contribution in [-0.2, 0) is 4.74 Å². The van der Waals surface area contributed by atoms with E-state index in [4.69, 9.17) is 4.74 Å². The molecule has 0 amide bonds. The Bertz CT molecular complexity index is 59.5. The standard InChI is InChI=1S/C6H13NO/c1-8-6-4-2-3-5-7-6/h6-7H,2-5H2,1H3/t6-/m0/s1. The fourth-order valence-corrected chi connectivity index (χ4v) is 1.02. The molecule has 0 aliphatic carbocycles. The predicted molar refractivity (Wildman–Crippen MR) is 32.7 cm³/mol. The van der Waals surface area contributed by atoms with E-state index in [1.807, 2.05) is 0 Å². The summed E-state index contributed by atoms with van der Waals surface area (Å²) in [6, 6.07) is 0. The first kappa shape index (κ1) is 6.05. The van der Waals surface area contributed by atoms with Gasteiger partial charge in [-0.2, -0.15) is 0 Å². The van der Waals surface area contributed by atoms with Gasteiger partial charge in [0.2, 0.25) is 0 Å². The number of methoxy groups -OCH3 is 1. The Morgan fingerprint density at radius 3 is 2.75 bits per heavy atom. The lowest BCUT2D eigenvalue weighted by Crippen LogP contribution is -2.35. The Morgan fingerprint density at radius 1 is 1.50 bits per heavy atom. The zero-order valence-electron chi connectivity index (χ0n) is 5.31. The highest BCUT2D eigenvalue weighted by atomic mass is 16.5. The fraction of sp³-hybridized carbons (Fsp3) is 1.00. The zero-order valence-corrected chi connectivity index (χ0v) is 5.31. The highest BCUT2D eigenvalue weighted by Crippen LogP contribution is 2.05. The van der Waals surface area contributed by atoms with E-state index in [0.717, 1.165) is 6.54 Å². The third-order valence-electron chi connectivity index (χ3n) is 1.55. The smallest absolute Gasteiger partial charge is 0.107 e. The van der Waals surface area contributed by atoms with Crippen molar-refractivity contribution >= 4 is 0 Å². The molecule has 0 saturated carbocycles. The molecule has 0 unspecified atom stereocenters. The maximum atomic E-state index is 5.08. The predicted octanol–water partition coefficient (Wildman–Crippen LogP) is 0.732. The van der Waals surface area contributed by atoms with Gasteiger partial charge in [0, 0.05) is 7.11 Å². The monoisotopic (exact) mass is 115 g/mol. The molecule has 8 heavy (non-hydrogen) atoms. The summed E-state index contributed by atoms with van der Waals surface area (Å²) in [4.78, 5) is 0. The van der Waals surface area contributed by atoms with Crippen LogP contribution >= 0.6 is 0 Å². The van der Waals surface area contributed by atoms with Crippen LogP contribution in [-0.4, -0.2) is 19.9 Å². The molecule has 1 heterocycles. The van der Waals surface area contributed by atoms with Gasteiger partial charge < -0.3 is 4.74 Å². The van der Waals surface area contributed by atoms with Gasteiger partial charge in [-0.1, -0.05) is 0 Å². The van der Waals surface area contributed by atoms with Crippen molar-refractivity contribution in [3.05, 3.63) is 0 Å². The summed E-state index contributed by atoms with van der Waals surface area (Å²) in [5.41, 5.74) is 0. The van der Waals surface area contributed by atoms with E-state index in [1.165, 1.54) is 19.3 Å². The van der Waals surface area contributed by atoms with Crippen LogP contribution in [0.15, 0.2) is 0 Å². The van der Waals surface area contributed by atoms with Crippen LogP contribution in [0.3, 0.4) is 0 Å². The molecule has 1 fully saturated rings. The highest BCUT2D eigenvalue weighted by Gasteiger charge is 2.09. The number of piperidine rings is 1. The molecule has 0 aromatic carbocycles. The molecule has 1 saturated heterocycles. The van der Waals surface area contributed by atoms with E-state index in [-0.39, 0.29) is 0 Å². The van der Waals surface area contributed by atoms with Gasteiger partial charge in [-0.05, 0) is 25.8 Å². The summed E-state index contributed by atoms with van der Waals surface area (Å²) in [6.45, 7) is 1.12. The Kier molecular flexibility index (Phi) is 2.30. The van der Waals surface area contributed by atoms with Crippen molar-refractivity contribution in [1.29, 1.82) is 0 Å². The molecule has 1 rings (SSSR count). The molecular formula is C6H13NO. The summed E-state index contributed by atoms with van der Waals surface area (Å²) in [7, 11) is 1.75. The zero-order chi connectivity index (χ0) is 5.82. The van der Waals surface area contributed by atoms with Gasteiger partial charge in [-0.15, -0.1) is 0 Å². The molecule has 0 aromatic heterocycles. The summed E-state index contributed by atoms with van der Waals surface area (Å²) in [5, 5.41) is 3.25. The van der Waals surface area contributed by atoms with Gasteiger partial charge in [-0.25, -0.2) is 0 Å². The first-order valence-corrected chi connectivity index (χ1v) is 3.19. The van der Waals surface area contributed by atoms with Crippen molar-refractivity contribution in [3.63, 3.8) is 0 Å². The molecule has 2 nitrogen and oxygen atoms in total. The largest absolute Gasteiger partial charge is 0.367 e. The summed E-state index contributed by atoms with van der Waals surface area (Å²) in [6.07, 6.45) is 4.13. The van der Waals surface area contributed by atoms with Crippen molar-refractivity contribution < 1.29 is 4.74 Å². The lowest BCUT2D eigenvalue weighted by molar-refractivity contribution is 0.0524. The van der Waals surface area contributed by atoms with Crippen LogP contribution in [0.1, 0.15) is 19.3 Å². The van der Waals surface area contributed by atoms with Crippen molar-refractivity contribution in [2.45, 2.75) is 25.5 Å². The quantitative estimate of drug-likeness (QED) is 0.544. The Morgan fingerprint density at radius 2 is 2.38 bits per heavy atom. The highest BCUT2D eigenvalue weighted by molar-refractivity contribution is 4.62. The molecule has 0 spiro atoms. The van der Waals surface area contributed by atoms with E-state index < -0.39 is 0 Å². The van der Waals surface area contributed by atoms with Gasteiger partial charge in [0.15, 0.2) is 0 Å². The van der Waals surface area contributed by atoms with Crippen LogP contribution in [0.5, 0.6) is 0 Å². The second-order valence-corrected chi connectivity index (χ2v) is 2.17. The topological polar surface area (TPSA) is 21.3 Å². The minimum Gasteiger partial charge on any atom is -0.367 e. The minimum absolute atomic E-state index is 0.337. The van der Waals surface area contributed by atoms with E-state index in [2.05, 4.69) is 5.32 Å². The summed E-state index contributed by atoms with van der Waals surface area (Å²) < 4.78 is 5.08. The number of hydrogen-bond acceptors (Lipinski definition) is 2. The number of hydrogen-bond donors (Lipinski definition) is 1. The minimum atomic E-state index is 0.337. The second-order valence-electron chi connectivity index (χ2n) is 2.17. The van der Waals surface area contributed by atoms with E-state index in [1.54, 1.807) is 7.11 Å². The number of nitrogens with one attached hydrogen (secondary N) is 1. The summed E-state index contributed by atoms with van der Waals surface area (Å²) in [5.74, 6) is 0. The van der Waals surface area contributed by atoms with Gasteiger partial charge in [0.05, 0.1) is 0 Å². The van der Waals surface area contributed by atoms with Gasteiger partial charge >= 0.3 is 0 Å². The van der Waals surface area contributed by atoms with Crippen LogP contribution in [0.2, 0.25) is 0 Å². The molecule has 1 aliphatic heterocycles. The van der Waals surface area contributed by atoms with Crippen molar-refractivity contribution in [1.82, 2.24) is 5.32 Å². The Balaban J connectivity index is 2.13. The molecule has 0 bridgehead atoms. The van der Waals surface area contributed by atoms with Crippen LogP contribution in [0.25, 0.3) is 0 Å². The lowest BCUT2D eigenvalue weighted by atomic mass is 10.1. The van der Waals surface area contributed by atoms with Gasteiger partial charge in [0.25, 0.3) is 0 Å². The first-order valence-electron chi connectivity index (χ1n) is 3.19. The van der Waals surface area contributed by atoms with Crippen molar-refractivity contribution in [2.24, 2.45) is 0 Å². The average molecular weight is 115 g/mol. The lowest BCUT2D eigenvalue weighted by Gasteiger charge is -2.21. The Hall–Kier alpha value is -0.0800. The molecule has 1 aliphatic rings. The number of ether oxygens (including phenoxy) is 1. The summed E-state index contributed by atoms with van der Waals surface area (Å²) >= 11 is 0. The third kappa shape index (κ3) is 1.46. The fourth-order valence-electron chi connectivity index (χ4n) is 1.02. The third-order valence-corrected chi connectivity index (χ3v) is 1.55. The van der Waals surface area contributed by atoms with Crippen molar-refractivity contribution in [3.8, 4) is 0 Å². The Labute approximate surface area is 50.2 Å². The van der Waals surface area contributed by atoms with E-state index in [0.29, 0.717) is 6.23 Å². The SMILES string of the molecule is CO[C@H]1CCCCN1. The molecular weight excluding hydrogens is 102 g/mol. The van der Waals surface area contributed by atoms with Gasteiger partial charge in [-0.3, -0.25) is 5.32 Å². The normalized spacial score (nSPS) is 30.4. The van der Waals surface area contributed by atoms with Crippen LogP contribution < -0.4 is 5.32 Å². The van der Waals surface area contributed by atoms with E-state index in [9.17, 15) is 0 Å². The van der Waals surface area contributed by atoms with Crippen LogP contribution in [0, 0.1) is 0 Å². The molecule has 1 N–H and O–H groups in total. The van der Waals surface area contributed by atoms with Crippen molar-refractivity contribution in [2.75, 3.05) is 13.7 Å². The number of rotatable bonds is 1. The molecule has 0 aromatic rings. The average Bonchev–Trinajstić information content (AvgIpc) is 1.90. The van der Waals surface area contributed by atoms with Crippen LogP contribution in [0.4, 0.5) is 0 Å². The van der Waals surface area contributed by atoms with E-state index >= 15 is 0 Å².